The van der Waals surface area contributed by atoms with Gasteiger partial charge in [0.1, 0.15) is 0 Å². The predicted molar refractivity (Wildman–Crippen MR) is 77.8 cm³/mol. The molecule has 6 heteroatoms. The largest absolute Gasteiger partial charge is 0.396 e. The highest BCUT2D eigenvalue weighted by Gasteiger charge is 2.40. The number of thiophene rings is 1. The number of nitrogens with zero attached hydrogens (tertiary/aromatic N) is 1. The van der Waals surface area contributed by atoms with E-state index in [4.69, 9.17) is 5.11 Å². The monoisotopic (exact) mass is 297 g/mol. The van der Waals surface area contributed by atoms with E-state index in [0.717, 1.165) is 4.88 Å². The third kappa shape index (κ3) is 2.61. The zero-order chi connectivity index (χ0) is 14.0. The molecule has 0 bridgehead atoms. The average molecular weight is 297 g/mol. The van der Waals surface area contributed by atoms with Crippen LogP contribution in [0.4, 0.5) is 0 Å². The van der Waals surface area contributed by atoms with Crippen molar-refractivity contribution in [3.8, 4) is 0 Å². The molecule has 0 radical (unpaired) electrons. The van der Waals surface area contributed by atoms with Crippen molar-refractivity contribution in [2.75, 3.05) is 12.4 Å². The van der Waals surface area contributed by atoms with Crippen molar-refractivity contribution in [2.24, 2.45) is 0 Å². The van der Waals surface area contributed by atoms with Crippen molar-refractivity contribution < 1.29 is 14.7 Å². The molecule has 0 spiro atoms. The molecule has 1 N–H and O–H groups in total. The molecule has 0 aliphatic carbocycles. The Morgan fingerprint density at radius 1 is 1.37 bits per heavy atom. The van der Waals surface area contributed by atoms with Crippen LogP contribution in [-0.2, 0) is 9.59 Å². The van der Waals surface area contributed by atoms with Gasteiger partial charge in [-0.25, -0.2) is 0 Å². The minimum Gasteiger partial charge on any atom is -0.396 e. The van der Waals surface area contributed by atoms with Crippen LogP contribution in [-0.4, -0.2) is 40.2 Å². The maximum Gasteiger partial charge on any atom is 0.268 e. The smallest absolute Gasteiger partial charge is 0.268 e. The van der Waals surface area contributed by atoms with Gasteiger partial charge in [0.05, 0.1) is 17.1 Å². The van der Waals surface area contributed by atoms with Gasteiger partial charge in [-0.3, -0.25) is 14.5 Å². The average Bonchev–Trinajstić information content (AvgIpc) is 2.93. The second-order valence-electron chi connectivity index (χ2n) is 4.33. The fourth-order valence-corrected chi connectivity index (χ4v) is 3.61. The van der Waals surface area contributed by atoms with E-state index in [0.29, 0.717) is 16.2 Å². The van der Waals surface area contributed by atoms with Gasteiger partial charge in [-0.15, -0.1) is 23.1 Å². The lowest BCUT2D eigenvalue weighted by Crippen LogP contribution is -2.37. The Bertz CT molecular complexity index is 520. The standard InChI is InChI=1S/C13H15NO3S2/c1-8(2)14-12(16)10(9-4-3-6-18-9)11(13(14)17)19-7-5-15/h3-4,6,8,15H,5,7H2,1-2H3. The van der Waals surface area contributed by atoms with Gasteiger partial charge in [0.2, 0.25) is 0 Å². The van der Waals surface area contributed by atoms with E-state index in [1.54, 1.807) is 0 Å². The molecule has 0 unspecified atom stereocenters. The number of carbonyl (C=O) groups is 2. The van der Waals surface area contributed by atoms with Gasteiger partial charge in [0, 0.05) is 16.7 Å². The van der Waals surface area contributed by atoms with Crippen molar-refractivity contribution in [1.82, 2.24) is 4.90 Å². The molecule has 1 aliphatic rings. The Kier molecular flexibility index (Phi) is 4.44. The van der Waals surface area contributed by atoms with Gasteiger partial charge in [0.15, 0.2) is 0 Å². The number of thioether (sulfide) groups is 1. The molecule has 2 amide bonds. The fourth-order valence-electron chi connectivity index (χ4n) is 1.91. The molecule has 0 saturated heterocycles. The van der Waals surface area contributed by atoms with Crippen LogP contribution in [0.5, 0.6) is 0 Å². The van der Waals surface area contributed by atoms with Gasteiger partial charge in [-0.1, -0.05) is 6.07 Å². The zero-order valence-electron chi connectivity index (χ0n) is 10.8. The molecule has 0 aromatic carbocycles. The molecule has 2 rings (SSSR count). The summed E-state index contributed by atoms with van der Waals surface area (Å²) >= 11 is 2.69. The highest BCUT2D eigenvalue weighted by molar-refractivity contribution is 8.04. The van der Waals surface area contributed by atoms with Gasteiger partial charge >= 0.3 is 0 Å². The van der Waals surface area contributed by atoms with E-state index in [2.05, 4.69) is 0 Å². The van der Waals surface area contributed by atoms with Crippen molar-refractivity contribution in [2.45, 2.75) is 19.9 Å². The lowest BCUT2D eigenvalue weighted by atomic mass is 10.2. The number of imide groups is 1. The van der Waals surface area contributed by atoms with Crippen molar-refractivity contribution >= 4 is 40.5 Å². The van der Waals surface area contributed by atoms with E-state index >= 15 is 0 Å². The molecule has 1 aromatic heterocycles. The first kappa shape index (κ1) is 14.3. The lowest BCUT2D eigenvalue weighted by Gasteiger charge is -2.19. The molecule has 2 heterocycles. The Morgan fingerprint density at radius 3 is 2.63 bits per heavy atom. The Hall–Kier alpha value is -1.11. The van der Waals surface area contributed by atoms with E-state index in [9.17, 15) is 9.59 Å². The van der Waals surface area contributed by atoms with Gasteiger partial charge in [0.25, 0.3) is 11.8 Å². The van der Waals surface area contributed by atoms with Gasteiger partial charge in [-0.05, 0) is 25.3 Å². The quantitative estimate of drug-likeness (QED) is 0.844. The first-order valence-corrected chi connectivity index (χ1v) is 7.84. The Morgan fingerprint density at radius 2 is 2.11 bits per heavy atom. The van der Waals surface area contributed by atoms with Crippen LogP contribution in [0.3, 0.4) is 0 Å². The topological polar surface area (TPSA) is 57.6 Å². The van der Waals surface area contributed by atoms with Crippen molar-refractivity contribution in [1.29, 1.82) is 0 Å². The minimum atomic E-state index is -0.248. The summed E-state index contributed by atoms with van der Waals surface area (Å²) < 4.78 is 0. The number of carbonyl (C=O) groups excluding carboxylic acids is 2. The maximum atomic E-state index is 12.4. The van der Waals surface area contributed by atoms with E-state index in [1.807, 2.05) is 31.4 Å². The molecule has 102 valence electrons. The maximum absolute atomic E-state index is 12.4. The van der Waals surface area contributed by atoms with Gasteiger partial charge in [-0.2, -0.15) is 0 Å². The number of aliphatic hydroxyl groups excluding tert-OH is 1. The van der Waals surface area contributed by atoms with E-state index in [1.165, 1.54) is 28.0 Å². The first-order chi connectivity index (χ1) is 9.07. The third-order valence-corrected chi connectivity index (χ3v) is 4.64. The molecule has 4 nitrogen and oxygen atoms in total. The lowest BCUT2D eigenvalue weighted by molar-refractivity contribution is -0.138. The van der Waals surface area contributed by atoms with Crippen molar-refractivity contribution in [3.63, 3.8) is 0 Å². The summed E-state index contributed by atoms with van der Waals surface area (Å²) in [4.78, 5) is 27.3. The minimum absolute atomic E-state index is 0.0188. The predicted octanol–water partition coefficient (Wildman–Crippen LogP) is 1.96. The van der Waals surface area contributed by atoms with E-state index < -0.39 is 0 Å². The van der Waals surface area contributed by atoms with Gasteiger partial charge < -0.3 is 5.11 Å². The molecule has 0 fully saturated rings. The highest BCUT2D eigenvalue weighted by Crippen LogP contribution is 2.38. The molecular weight excluding hydrogens is 282 g/mol. The number of hydrogen-bond acceptors (Lipinski definition) is 5. The summed E-state index contributed by atoms with van der Waals surface area (Å²) in [6.45, 7) is 3.62. The number of rotatable bonds is 5. The summed E-state index contributed by atoms with van der Waals surface area (Å²) in [5.74, 6) is -0.0699. The highest BCUT2D eigenvalue weighted by atomic mass is 32.2. The Balaban J connectivity index is 2.44. The van der Waals surface area contributed by atoms with Crippen LogP contribution in [0.2, 0.25) is 0 Å². The Labute approximate surface area is 120 Å². The fraction of sp³-hybridized carbons (Fsp3) is 0.385. The number of hydrogen-bond donors (Lipinski definition) is 1. The SMILES string of the molecule is CC(C)N1C(=O)C(SCCO)=C(c2cccs2)C1=O. The molecule has 0 atom stereocenters. The number of aliphatic hydroxyl groups is 1. The molecule has 0 saturated carbocycles. The van der Waals surface area contributed by atoms with Crippen LogP contribution in [0.15, 0.2) is 22.4 Å². The second-order valence-corrected chi connectivity index (χ2v) is 6.38. The number of amides is 2. The van der Waals surface area contributed by atoms with Crippen LogP contribution in [0.1, 0.15) is 18.7 Å². The first-order valence-electron chi connectivity index (χ1n) is 5.97. The summed E-state index contributed by atoms with van der Waals surface area (Å²) in [5, 5.41) is 10.8. The molecular formula is C13H15NO3S2. The zero-order valence-corrected chi connectivity index (χ0v) is 12.4. The summed E-state index contributed by atoms with van der Waals surface area (Å²) in [7, 11) is 0. The molecule has 1 aliphatic heterocycles. The van der Waals surface area contributed by atoms with Crippen LogP contribution in [0, 0.1) is 0 Å². The summed E-state index contributed by atoms with van der Waals surface area (Å²) in [5.41, 5.74) is 0.479. The van der Waals surface area contributed by atoms with Crippen LogP contribution < -0.4 is 0 Å². The van der Waals surface area contributed by atoms with Crippen LogP contribution in [0.25, 0.3) is 5.57 Å². The third-order valence-electron chi connectivity index (χ3n) is 2.69. The summed E-state index contributed by atoms with van der Waals surface area (Å²) in [6, 6.07) is 3.54. The molecule has 19 heavy (non-hydrogen) atoms. The van der Waals surface area contributed by atoms with E-state index in [-0.39, 0.29) is 24.5 Å². The van der Waals surface area contributed by atoms with Crippen LogP contribution >= 0.6 is 23.1 Å². The normalized spacial score (nSPS) is 16.1. The second kappa shape index (κ2) is 5.90. The molecule has 1 aromatic rings. The van der Waals surface area contributed by atoms with Crippen molar-refractivity contribution in [3.05, 3.63) is 27.3 Å². The summed E-state index contributed by atoms with van der Waals surface area (Å²) in [6.07, 6.45) is 0.